The van der Waals surface area contributed by atoms with Gasteiger partial charge < -0.3 is 0 Å². The number of nitrogens with two attached hydrogens (primary N) is 1. The third-order valence-corrected chi connectivity index (χ3v) is 12.8. The van der Waals surface area contributed by atoms with Crippen molar-refractivity contribution in [2.45, 2.75) is 123 Å². The van der Waals surface area contributed by atoms with Gasteiger partial charge in [0.2, 0.25) is 40.1 Å². The van der Waals surface area contributed by atoms with Crippen molar-refractivity contribution in [1.82, 2.24) is 14.2 Å². The Hall–Kier alpha value is -1.92. The fourth-order valence-corrected chi connectivity index (χ4v) is 10.2. The standard InChI is InChI=1S/C18H30N2O4S2.C10H14N2O4S2/c1-17(2,3)16-14(25(21,22)19-13-9-7-10-13)11-8-12-15(16)26(23,24)20-18(4,5)6;11-17(13,14)9-5-2-6-10(7-9)18(15,16)12-8-3-1-4-8/h8,11-13,19-20H,7,9-10H2,1-6H3;2,5-8,12H,1,3-4H2,(H2,11,13,14). The number of nitrogens with one attached hydrogen (secondary N) is 3. The zero-order chi connectivity index (χ0) is 33.4. The first-order valence-electron chi connectivity index (χ1n) is 14.3. The quantitative estimate of drug-likeness (QED) is 0.307. The maximum atomic E-state index is 13.0. The van der Waals surface area contributed by atoms with Crippen molar-refractivity contribution in [2.24, 2.45) is 5.14 Å². The van der Waals surface area contributed by atoms with E-state index in [9.17, 15) is 33.7 Å². The van der Waals surface area contributed by atoms with Crippen molar-refractivity contribution in [3.63, 3.8) is 0 Å². The summed E-state index contributed by atoms with van der Waals surface area (Å²) in [5.74, 6) is 0. The summed E-state index contributed by atoms with van der Waals surface area (Å²) in [4.78, 5) is -0.245. The van der Waals surface area contributed by atoms with E-state index in [2.05, 4.69) is 14.2 Å². The van der Waals surface area contributed by atoms with Gasteiger partial charge in [0.1, 0.15) is 0 Å². The lowest BCUT2D eigenvalue weighted by Crippen LogP contribution is -2.42. The number of hydrogen-bond donors (Lipinski definition) is 4. The second-order valence-electron chi connectivity index (χ2n) is 13.3. The first-order chi connectivity index (χ1) is 19.9. The Morgan fingerprint density at radius 3 is 1.48 bits per heavy atom. The number of rotatable bonds is 9. The Morgan fingerprint density at radius 1 is 0.636 bits per heavy atom. The van der Waals surface area contributed by atoms with Gasteiger partial charge in [-0.2, -0.15) is 0 Å². The molecule has 12 nitrogen and oxygen atoms in total. The highest BCUT2D eigenvalue weighted by atomic mass is 32.2. The lowest BCUT2D eigenvalue weighted by molar-refractivity contribution is 0.383. The van der Waals surface area contributed by atoms with Crippen LogP contribution in [0.2, 0.25) is 0 Å². The molecule has 0 spiro atoms. The zero-order valence-electron chi connectivity index (χ0n) is 25.9. The fourth-order valence-electron chi connectivity index (χ4n) is 4.60. The van der Waals surface area contributed by atoms with Crippen LogP contribution in [0.5, 0.6) is 0 Å². The van der Waals surface area contributed by atoms with E-state index in [4.69, 9.17) is 5.14 Å². The van der Waals surface area contributed by atoms with E-state index in [1.165, 1.54) is 36.4 Å². The van der Waals surface area contributed by atoms with Gasteiger partial charge in [-0.15, -0.1) is 0 Å². The Kier molecular flexibility index (Phi) is 10.8. The summed E-state index contributed by atoms with van der Waals surface area (Å²) in [6.07, 6.45) is 5.26. The molecule has 4 rings (SSSR count). The predicted molar refractivity (Wildman–Crippen MR) is 169 cm³/mol. The Bertz CT molecular complexity index is 1790. The summed E-state index contributed by atoms with van der Waals surface area (Å²) in [6.45, 7) is 10.7. The highest BCUT2D eigenvalue weighted by Gasteiger charge is 2.35. The normalized spacial score (nSPS) is 17.2. The molecule has 2 aromatic rings. The molecule has 2 saturated carbocycles. The van der Waals surface area contributed by atoms with Gasteiger partial charge in [-0.3, -0.25) is 0 Å². The van der Waals surface area contributed by atoms with Gasteiger partial charge in [0.05, 0.1) is 19.6 Å². The summed E-state index contributed by atoms with van der Waals surface area (Å²) >= 11 is 0. The van der Waals surface area contributed by atoms with Crippen molar-refractivity contribution in [3.8, 4) is 0 Å². The van der Waals surface area contributed by atoms with Gasteiger partial charge in [-0.05, 0) is 87.8 Å². The molecule has 2 aliphatic rings. The molecule has 5 N–H and O–H groups in total. The molecule has 0 unspecified atom stereocenters. The van der Waals surface area contributed by atoms with Crippen molar-refractivity contribution < 1.29 is 33.7 Å². The van der Waals surface area contributed by atoms with Crippen LogP contribution < -0.4 is 19.3 Å². The highest BCUT2D eigenvalue weighted by Crippen LogP contribution is 2.35. The molecule has 2 fully saturated rings. The van der Waals surface area contributed by atoms with Crippen LogP contribution in [0.25, 0.3) is 0 Å². The SMILES string of the molecule is CC(C)(C)NS(=O)(=O)c1cccc(S(=O)(=O)NC2CCC2)c1C(C)(C)C.NS(=O)(=O)c1cccc(S(=O)(=O)NC2CCC2)c1. The highest BCUT2D eigenvalue weighted by molar-refractivity contribution is 7.91. The lowest BCUT2D eigenvalue weighted by Gasteiger charge is -2.30. The van der Waals surface area contributed by atoms with E-state index in [0.717, 1.165) is 44.6 Å². The van der Waals surface area contributed by atoms with Crippen molar-refractivity contribution in [2.75, 3.05) is 0 Å². The largest absolute Gasteiger partial charge is 0.241 e. The molecule has 0 bridgehead atoms. The molecule has 0 heterocycles. The second-order valence-corrected chi connectivity index (χ2v) is 19.9. The van der Waals surface area contributed by atoms with Crippen LogP contribution in [0.1, 0.15) is 85.6 Å². The Balaban J connectivity index is 0.000000257. The van der Waals surface area contributed by atoms with Crippen LogP contribution in [0, 0.1) is 0 Å². The zero-order valence-corrected chi connectivity index (χ0v) is 29.2. The minimum atomic E-state index is -3.90. The number of sulfonamides is 4. The molecule has 16 heteroatoms. The van der Waals surface area contributed by atoms with Crippen LogP contribution >= 0.6 is 0 Å². The maximum Gasteiger partial charge on any atom is 0.241 e. The number of primary sulfonamides is 1. The molecule has 0 amide bonds. The summed E-state index contributed by atoms with van der Waals surface area (Å²) < 4.78 is 106. The first-order valence-corrected chi connectivity index (χ1v) is 20.3. The van der Waals surface area contributed by atoms with Crippen LogP contribution in [-0.2, 0) is 45.5 Å². The summed E-state index contributed by atoms with van der Waals surface area (Å²) in [5.41, 5.74) is -1.04. The molecular weight excluding hydrogens is 649 g/mol. The van der Waals surface area contributed by atoms with Gasteiger partial charge in [0, 0.05) is 17.6 Å². The molecule has 44 heavy (non-hydrogen) atoms. The van der Waals surface area contributed by atoms with Gasteiger partial charge in [-0.25, -0.2) is 53.0 Å². The van der Waals surface area contributed by atoms with E-state index >= 15 is 0 Å². The monoisotopic (exact) mass is 692 g/mol. The first kappa shape index (κ1) is 36.5. The van der Waals surface area contributed by atoms with Crippen molar-refractivity contribution >= 4 is 40.1 Å². The van der Waals surface area contributed by atoms with E-state index in [-0.39, 0.29) is 31.7 Å². The molecule has 0 aliphatic heterocycles. The molecule has 2 aromatic carbocycles. The minimum absolute atomic E-state index is 0.0106. The third-order valence-electron chi connectivity index (χ3n) is 7.06. The maximum absolute atomic E-state index is 13.0. The van der Waals surface area contributed by atoms with Crippen LogP contribution in [0.3, 0.4) is 0 Å². The van der Waals surface area contributed by atoms with Crippen LogP contribution in [-0.4, -0.2) is 51.3 Å². The third kappa shape index (κ3) is 9.55. The van der Waals surface area contributed by atoms with E-state index in [0.29, 0.717) is 5.56 Å². The van der Waals surface area contributed by atoms with Crippen molar-refractivity contribution in [1.29, 1.82) is 0 Å². The molecule has 248 valence electrons. The molecule has 2 aliphatic carbocycles. The smallest absolute Gasteiger partial charge is 0.225 e. The van der Waals surface area contributed by atoms with E-state index in [1.807, 2.05) is 20.8 Å². The Morgan fingerprint density at radius 2 is 1.07 bits per heavy atom. The predicted octanol–water partition coefficient (Wildman–Crippen LogP) is 3.06. The number of benzene rings is 2. The van der Waals surface area contributed by atoms with Gasteiger partial charge in [0.25, 0.3) is 0 Å². The van der Waals surface area contributed by atoms with Gasteiger partial charge in [-0.1, -0.05) is 45.7 Å². The minimum Gasteiger partial charge on any atom is -0.225 e. The van der Waals surface area contributed by atoms with Crippen LogP contribution in [0.15, 0.2) is 62.0 Å². The molecular formula is C28H44N4O8S4. The second kappa shape index (κ2) is 13.1. The lowest BCUT2D eigenvalue weighted by atomic mass is 9.87. The van der Waals surface area contributed by atoms with E-state index in [1.54, 1.807) is 20.8 Å². The topological polar surface area (TPSA) is 199 Å². The summed E-state index contributed by atoms with van der Waals surface area (Å²) in [6, 6.07) is 9.35. The van der Waals surface area contributed by atoms with E-state index < -0.39 is 51.0 Å². The molecule has 0 aromatic heterocycles. The van der Waals surface area contributed by atoms with Crippen LogP contribution in [0.4, 0.5) is 0 Å². The molecule has 0 radical (unpaired) electrons. The van der Waals surface area contributed by atoms with Gasteiger partial charge in [0.15, 0.2) is 0 Å². The molecule has 0 saturated heterocycles. The molecule has 0 atom stereocenters. The average Bonchev–Trinajstić information content (AvgIpc) is 2.81. The number of hydrogen-bond acceptors (Lipinski definition) is 8. The van der Waals surface area contributed by atoms with Crippen molar-refractivity contribution in [3.05, 3.63) is 48.0 Å². The fraction of sp³-hybridized carbons (Fsp3) is 0.571. The van der Waals surface area contributed by atoms with Gasteiger partial charge >= 0.3 is 0 Å². The Labute approximate surface area is 262 Å². The average molecular weight is 693 g/mol. The summed E-state index contributed by atoms with van der Waals surface area (Å²) in [7, 11) is -15.3. The summed E-state index contributed by atoms with van der Waals surface area (Å²) in [5, 5.41) is 4.96.